The molecule has 0 atom stereocenters. The minimum absolute atomic E-state index is 0.0902. The summed E-state index contributed by atoms with van der Waals surface area (Å²) in [5.74, 6) is 5.79. The minimum Gasteiger partial charge on any atom is -0.331 e. The van der Waals surface area contributed by atoms with Gasteiger partial charge in [-0.2, -0.15) is 0 Å². The van der Waals surface area contributed by atoms with Gasteiger partial charge in [0.15, 0.2) is 5.49 Å². The van der Waals surface area contributed by atoms with Crippen molar-refractivity contribution in [3.8, 4) is 11.8 Å². The molecule has 0 fully saturated rings. The van der Waals surface area contributed by atoms with Crippen LogP contribution in [-0.2, 0) is 13.6 Å². The van der Waals surface area contributed by atoms with E-state index in [1.54, 1.807) is 12.3 Å². The van der Waals surface area contributed by atoms with Crippen LogP contribution in [0.4, 0.5) is 13.2 Å². The Bertz CT molecular complexity index is 1220. The molecule has 0 aliphatic heterocycles. The van der Waals surface area contributed by atoms with Crippen molar-refractivity contribution >= 4 is 10.9 Å². The van der Waals surface area contributed by atoms with Gasteiger partial charge in [-0.3, -0.25) is 4.99 Å². The Morgan fingerprint density at radius 3 is 2.74 bits per heavy atom. The Morgan fingerprint density at radius 2 is 2.03 bits per heavy atom. The highest BCUT2D eigenvalue weighted by molar-refractivity contribution is 5.78. The van der Waals surface area contributed by atoms with Gasteiger partial charge in [0.1, 0.15) is 17.3 Å². The number of hydrogen-bond donors (Lipinski definition) is 1. The Morgan fingerprint density at radius 1 is 1.26 bits per heavy atom. The Kier molecular flexibility index (Phi) is 7.08. The van der Waals surface area contributed by atoms with E-state index >= 15 is 0 Å². The third-order valence-electron chi connectivity index (χ3n) is 4.80. The maximum absolute atomic E-state index is 14.4. The fourth-order valence-electron chi connectivity index (χ4n) is 2.99. The molecule has 0 bridgehead atoms. The number of fused-ring (bicyclic) bond motifs is 1. The zero-order chi connectivity index (χ0) is 22.5. The normalized spacial score (nSPS) is 12.0. The van der Waals surface area contributed by atoms with E-state index in [1.807, 2.05) is 32.4 Å². The van der Waals surface area contributed by atoms with Crippen LogP contribution in [0.5, 0.6) is 0 Å². The van der Waals surface area contributed by atoms with Gasteiger partial charge in [-0.1, -0.05) is 24.1 Å². The quantitative estimate of drug-likeness (QED) is 0.630. The lowest BCUT2D eigenvalue weighted by Crippen LogP contribution is -2.22. The number of hydrogen-bond acceptors (Lipinski definition) is 4. The van der Waals surface area contributed by atoms with Gasteiger partial charge in [0, 0.05) is 24.0 Å². The summed E-state index contributed by atoms with van der Waals surface area (Å²) in [6.07, 6.45) is -1.18. The fourth-order valence-corrected chi connectivity index (χ4v) is 2.99. The van der Waals surface area contributed by atoms with E-state index in [0.29, 0.717) is 35.0 Å². The molecule has 0 aliphatic carbocycles. The molecule has 2 heterocycles. The van der Waals surface area contributed by atoms with Crippen LogP contribution in [0.1, 0.15) is 42.9 Å². The molecule has 3 aromatic rings. The van der Waals surface area contributed by atoms with E-state index in [9.17, 15) is 13.2 Å². The molecule has 31 heavy (non-hydrogen) atoms. The van der Waals surface area contributed by atoms with Crippen LogP contribution in [0, 0.1) is 24.6 Å². The predicted octanol–water partition coefficient (Wildman–Crippen LogP) is 3.80. The number of nitrogens with zero attached hydrogens (tertiary/aromatic N) is 4. The topological polar surface area (TPSA) is 55.1 Å². The fraction of sp³-hybridized carbons (Fsp3) is 0.348. The van der Waals surface area contributed by atoms with Crippen LogP contribution in [0.2, 0.25) is 0 Å². The van der Waals surface area contributed by atoms with Crippen LogP contribution in [0.25, 0.3) is 10.9 Å². The van der Waals surface area contributed by atoms with E-state index in [0.717, 1.165) is 11.6 Å². The maximum Gasteiger partial charge on any atom is 0.266 e. The summed E-state index contributed by atoms with van der Waals surface area (Å²) in [6, 6.07) is 6.05. The molecule has 162 valence electrons. The lowest BCUT2D eigenvalue weighted by molar-refractivity contribution is 0.146. The van der Waals surface area contributed by atoms with Gasteiger partial charge in [0.2, 0.25) is 0 Å². The Balaban J connectivity index is 2.04. The van der Waals surface area contributed by atoms with Crippen molar-refractivity contribution in [1.82, 2.24) is 19.9 Å². The first-order chi connectivity index (χ1) is 14.8. The molecule has 8 heteroatoms. The highest BCUT2D eigenvalue weighted by Gasteiger charge is 2.15. The number of rotatable bonds is 5. The third-order valence-corrected chi connectivity index (χ3v) is 4.80. The molecular formula is C23H24F3N5. The summed E-state index contributed by atoms with van der Waals surface area (Å²) in [4.78, 5) is 13.3. The molecule has 0 amide bonds. The van der Waals surface area contributed by atoms with Crippen LogP contribution in [-0.4, -0.2) is 27.1 Å². The number of nitrogens with one attached hydrogen (secondary N) is 1. The third kappa shape index (κ3) is 5.30. The van der Waals surface area contributed by atoms with Crippen molar-refractivity contribution in [3.63, 3.8) is 0 Å². The van der Waals surface area contributed by atoms with Gasteiger partial charge >= 0.3 is 0 Å². The first-order valence-electron chi connectivity index (χ1n) is 9.89. The van der Waals surface area contributed by atoms with Gasteiger partial charge < -0.3 is 9.88 Å². The number of aryl methyl sites for hydroxylation is 2. The van der Waals surface area contributed by atoms with Gasteiger partial charge in [-0.05, 0) is 32.8 Å². The smallest absolute Gasteiger partial charge is 0.266 e. The summed E-state index contributed by atoms with van der Waals surface area (Å²) in [5.41, 5.74) is 1.20. The van der Waals surface area contributed by atoms with Crippen molar-refractivity contribution in [2.24, 2.45) is 12.0 Å². The highest BCUT2D eigenvalue weighted by atomic mass is 19.3. The number of aromatic nitrogens is 3. The second-order valence-corrected chi connectivity index (χ2v) is 7.40. The van der Waals surface area contributed by atoms with Crippen molar-refractivity contribution in [3.05, 3.63) is 64.4 Å². The molecule has 1 aromatic carbocycles. The van der Waals surface area contributed by atoms with E-state index < -0.39 is 17.8 Å². The molecule has 5 nitrogen and oxygen atoms in total. The molecule has 3 rings (SSSR count). The van der Waals surface area contributed by atoms with Crippen molar-refractivity contribution in [1.29, 1.82) is 0 Å². The van der Waals surface area contributed by atoms with Gasteiger partial charge in [-0.15, -0.1) is 0 Å². The summed E-state index contributed by atoms with van der Waals surface area (Å²) >= 11 is 0. The maximum atomic E-state index is 14.4. The largest absolute Gasteiger partial charge is 0.331 e. The summed E-state index contributed by atoms with van der Waals surface area (Å²) < 4.78 is 42.2. The monoisotopic (exact) mass is 427 g/mol. The molecule has 0 aliphatic rings. The minimum atomic E-state index is -2.88. The zero-order valence-corrected chi connectivity index (χ0v) is 17.9. The average Bonchev–Trinajstić information content (AvgIpc) is 2.73. The predicted molar refractivity (Wildman–Crippen MR) is 114 cm³/mol. The van der Waals surface area contributed by atoms with Gasteiger partial charge in [0.05, 0.1) is 30.4 Å². The Labute approximate surface area is 179 Å². The van der Waals surface area contributed by atoms with E-state index in [-0.39, 0.29) is 12.1 Å². The molecule has 0 saturated heterocycles. The first-order valence-corrected chi connectivity index (χ1v) is 9.89. The SMILES string of the molecule is Cc1nc(=NCc2cccc(C(F)F)c2F)c2cc(C#CCNC(C)C)ncc2n1C. The summed E-state index contributed by atoms with van der Waals surface area (Å²) in [7, 11) is 1.86. The van der Waals surface area contributed by atoms with Crippen molar-refractivity contribution in [2.45, 2.75) is 39.8 Å². The standard InChI is InChI=1S/C23H24F3N5/c1-14(2)27-10-6-8-17-11-19-20(13-28-17)31(4)15(3)30-23(19)29-12-16-7-5-9-18(21(16)24)22(25)26/h5,7,9,11,13-14,22,27H,10,12H2,1-4H3. The molecular weight excluding hydrogens is 403 g/mol. The second kappa shape index (κ2) is 9.75. The van der Waals surface area contributed by atoms with Crippen LogP contribution < -0.4 is 10.8 Å². The number of alkyl halides is 2. The van der Waals surface area contributed by atoms with Gasteiger partial charge in [0.25, 0.3) is 6.43 Å². The molecule has 1 N–H and O–H groups in total. The van der Waals surface area contributed by atoms with Crippen molar-refractivity contribution < 1.29 is 13.2 Å². The Hall–Kier alpha value is -3.18. The highest BCUT2D eigenvalue weighted by Crippen LogP contribution is 2.24. The van der Waals surface area contributed by atoms with Crippen LogP contribution in [0.15, 0.2) is 35.5 Å². The van der Waals surface area contributed by atoms with E-state index in [1.165, 1.54) is 12.1 Å². The number of halogens is 3. The second-order valence-electron chi connectivity index (χ2n) is 7.40. The summed E-state index contributed by atoms with van der Waals surface area (Å²) in [6.45, 7) is 6.33. The molecule has 2 aromatic heterocycles. The van der Waals surface area contributed by atoms with E-state index in [4.69, 9.17) is 0 Å². The molecule has 0 saturated carbocycles. The lowest BCUT2D eigenvalue weighted by Gasteiger charge is -2.09. The molecule has 0 spiro atoms. The zero-order valence-electron chi connectivity index (χ0n) is 17.9. The lowest BCUT2D eigenvalue weighted by atomic mass is 10.1. The number of benzene rings is 1. The first kappa shape index (κ1) is 22.5. The van der Waals surface area contributed by atoms with Crippen LogP contribution >= 0.6 is 0 Å². The molecule has 0 radical (unpaired) electrons. The number of pyridine rings is 1. The van der Waals surface area contributed by atoms with Crippen molar-refractivity contribution in [2.75, 3.05) is 6.54 Å². The summed E-state index contributed by atoms with van der Waals surface area (Å²) in [5, 5.41) is 3.92. The van der Waals surface area contributed by atoms with E-state index in [2.05, 4.69) is 32.1 Å². The molecule has 0 unspecified atom stereocenters. The van der Waals surface area contributed by atoms with Crippen LogP contribution in [0.3, 0.4) is 0 Å². The van der Waals surface area contributed by atoms with Gasteiger partial charge in [-0.25, -0.2) is 23.1 Å². The average molecular weight is 427 g/mol.